The van der Waals surface area contributed by atoms with E-state index >= 15 is 0 Å². The molecule has 2 aromatic rings. The molecule has 3 rings (SSSR count). The van der Waals surface area contributed by atoms with Gasteiger partial charge >= 0.3 is 0 Å². The second kappa shape index (κ2) is 9.00. The molecule has 0 aromatic heterocycles. The van der Waals surface area contributed by atoms with E-state index in [1.165, 1.54) is 50.0 Å². The Balaban J connectivity index is 1.61. The van der Waals surface area contributed by atoms with E-state index in [1.54, 1.807) is 0 Å². The third kappa shape index (κ3) is 4.68. The Kier molecular flexibility index (Phi) is 6.45. The van der Waals surface area contributed by atoms with Crippen LogP contribution in [0.4, 0.5) is 0 Å². The highest BCUT2D eigenvalue weighted by Gasteiger charge is 2.20. The molecule has 2 aromatic carbocycles. The summed E-state index contributed by atoms with van der Waals surface area (Å²) in [6.07, 6.45) is 3.77. The van der Waals surface area contributed by atoms with E-state index < -0.39 is 0 Å². The molecule has 0 saturated carbocycles. The normalized spacial score (nSPS) is 16.6. The van der Waals surface area contributed by atoms with Crippen LogP contribution in [0.1, 0.15) is 43.2 Å². The first-order valence-corrected chi connectivity index (χ1v) is 9.42. The third-order valence-corrected chi connectivity index (χ3v) is 5.22. The lowest BCUT2D eigenvalue weighted by atomic mass is 9.88. The van der Waals surface area contributed by atoms with Crippen molar-refractivity contribution in [3.8, 4) is 0 Å². The van der Waals surface area contributed by atoms with E-state index in [0.717, 1.165) is 12.6 Å². The number of rotatable bonds is 7. The molecule has 1 heterocycles. The van der Waals surface area contributed by atoms with Gasteiger partial charge in [0.1, 0.15) is 0 Å². The van der Waals surface area contributed by atoms with Crippen molar-refractivity contribution in [1.82, 2.24) is 10.2 Å². The van der Waals surface area contributed by atoms with E-state index in [2.05, 4.69) is 77.8 Å². The number of hydrogen-bond donors (Lipinski definition) is 1. The predicted octanol–water partition coefficient (Wildman–Crippen LogP) is 4.28. The monoisotopic (exact) mass is 322 g/mol. The maximum absolute atomic E-state index is 3.59. The number of hydrogen-bond acceptors (Lipinski definition) is 2. The Morgan fingerprint density at radius 3 is 1.96 bits per heavy atom. The van der Waals surface area contributed by atoms with Crippen molar-refractivity contribution in [3.63, 3.8) is 0 Å². The van der Waals surface area contributed by atoms with Gasteiger partial charge in [0.15, 0.2) is 0 Å². The summed E-state index contributed by atoms with van der Waals surface area (Å²) >= 11 is 0. The van der Waals surface area contributed by atoms with Crippen molar-refractivity contribution in [2.75, 3.05) is 26.2 Å². The second-order valence-corrected chi connectivity index (χ2v) is 6.84. The highest BCUT2D eigenvalue weighted by molar-refractivity contribution is 5.32. The second-order valence-electron chi connectivity index (χ2n) is 6.84. The topological polar surface area (TPSA) is 15.3 Å². The van der Waals surface area contributed by atoms with Gasteiger partial charge in [-0.1, -0.05) is 67.6 Å². The number of benzene rings is 2. The zero-order chi connectivity index (χ0) is 16.6. The van der Waals surface area contributed by atoms with E-state index in [4.69, 9.17) is 0 Å². The molecule has 1 N–H and O–H groups in total. The van der Waals surface area contributed by atoms with Gasteiger partial charge in [0.05, 0.1) is 0 Å². The first-order chi connectivity index (χ1) is 11.9. The highest BCUT2D eigenvalue weighted by Crippen LogP contribution is 2.28. The van der Waals surface area contributed by atoms with Gasteiger partial charge in [-0.15, -0.1) is 0 Å². The Hall–Kier alpha value is -1.64. The van der Waals surface area contributed by atoms with Crippen LogP contribution in [0.3, 0.4) is 0 Å². The molecule has 0 unspecified atom stereocenters. The molecular weight excluding hydrogens is 292 g/mol. The summed E-state index contributed by atoms with van der Waals surface area (Å²) in [5.41, 5.74) is 2.87. The van der Waals surface area contributed by atoms with Crippen molar-refractivity contribution in [2.45, 2.75) is 38.1 Å². The summed E-state index contributed by atoms with van der Waals surface area (Å²) in [6.45, 7) is 6.95. The van der Waals surface area contributed by atoms with E-state index in [1.807, 2.05) is 0 Å². The molecule has 0 bridgehead atoms. The molecule has 1 saturated heterocycles. The quantitative estimate of drug-likeness (QED) is 0.818. The van der Waals surface area contributed by atoms with Crippen molar-refractivity contribution in [1.29, 1.82) is 0 Å². The van der Waals surface area contributed by atoms with Gasteiger partial charge in [-0.25, -0.2) is 0 Å². The van der Waals surface area contributed by atoms with E-state index in [9.17, 15) is 0 Å². The van der Waals surface area contributed by atoms with Crippen LogP contribution in [0.15, 0.2) is 60.7 Å². The van der Waals surface area contributed by atoms with Crippen LogP contribution in [0, 0.1) is 0 Å². The summed E-state index contributed by atoms with van der Waals surface area (Å²) in [7, 11) is 0. The Morgan fingerprint density at radius 1 is 0.917 bits per heavy atom. The van der Waals surface area contributed by atoms with Crippen molar-refractivity contribution < 1.29 is 0 Å². The minimum absolute atomic E-state index is 0.499. The van der Waals surface area contributed by atoms with Crippen LogP contribution in [0.2, 0.25) is 0 Å². The summed E-state index contributed by atoms with van der Waals surface area (Å²) < 4.78 is 0. The van der Waals surface area contributed by atoms with Crippen LogP contribution < -0.4 is 5.32 Å². The van der Waals surface area contributed by atoms with Gasteiger partial charge in [0.25, 0.3) is 0 Å². The Bertz CT molecular complexity index is 534. The number of likely N-dealkylation sites (tertiary alicyclic amines) is 1. The SMILES string of the molecule is CCNC1CCN(CCC(c2ccccc2)c2ccccc2)CC1. The first-order valence-electron chi connectivity index (χ1n) is 9.42. The zero-order valence-electron chi connectivity index (χ0n) is 14.8. The van der Waals surface area contributed by atoms with Crippen molar-refractivity contribution in [3.05, 3.63) is 71.8 Å². The third-order valence-electron chi connectivity index (χ3n) is 5.22. The minimum atomic E-state index is 0.499. The summed E-state index contributed by atoms with van der Waals surface area (Å²) in [5.74, 6) is 0.499. The molecule has 24 heavy (non-hydrogen) atoms. The fourth-order valence-electron chi connectivity index (χ4n) is 3.86. The molecule has 1 fully saturated rings. The molecule has 0 aliphatic carbocycles. The fourth-order valence-corrected chi connectivity index (χ4v) is 3.86. The van der Waals surface area contributed by atoms with Crippen LogP contribution in [0.5, 0.6) is 0 Å². The zero-order valence-corrected chi connectivity index (χ0v) is 14.8. The molecule has 2 heteroatoms. The largest absolute Gasteiger partial charge is 0.314 e. The fraction of sp³-hybridized carbons (Fsp3) is 0.455. The van der Waals surface area contributed by atoms with Gasteiger partial charge in [-0.05, 0) is 56.6 Å². The number of nitrogens with one attached hydrogen (secondary N) is 1. The van der Waals surface area contributed by atoms with Crippen LogP contribution >= 0.6 is 0 Å². The van der Waals surface area contributed by atoms with Crippen molar-refractivity contribution >= 4 is 0 Å². The standard InChI is InChI=1S/C22H30N2/c1-2-23-21-13-16-24(17-14-21)18-15-22(19-9-5-3-6-10-19)20-11-7-4-8-12-20/h3-12,21-23H,2,13-18H2,1H3. The smallest absolute Gasteiger partial charge is 0.0101 e. The Labute approximate surface area is 146 Å². The summed E-state index contributed by atoms with van der Waals surface area (Å²) in [4.78, 5) is 2.65. The lowest BCUT2D eigenvalue weighted by Gasteiger charge is -2.33. The van der Waals surface area contributed by atoms with Crippen LogP contribution in [-0.2, 0) is 0 Å². The van der Waals surface area contributed by atoms with Crippen LogP contribution in [-0.4, -0.2) is 37.1 Å². The van der Waals surface area contributed by atoms with Crippen molar-refractivity contribution in [2.24, 2.45) is 0 Å². The average molecular weight is 322 g/mol. The molecule has 128 valence electrons. The lowest BCUT2D eigenvalue weighted by molar-refractivity contribution is 0.195. The molecule has 2 nitrogen and oxygen atoms in total. The van der Waals surface area contributed by atoms with Gasteiger partial charge in [0.2, 0.25) is 0 Å². The molecular formula is C22H30N2. The van der Waals surface area contributed by atoms with E-state index in [0.29, 0.717) is 5.92 Å². The molecule has 1 aliphatic heterocycles. The van der Waals surface area contributed by atoms with Gasteiger partial charge in [-0.3, -0.25) is 0 Å². The number of piperidine rings is 1. The molecule has 0 atom stereocenters. The van der Waals surface area contributed by atoms with Gasteiger partial charge < -0.3 is 10.2 Å². The molecule has 0 radical (unpaired) electrons. The van der Waals surface area contributed by atoms with E-state index in [-0.39, 0.29) is 0 Å². The summed E-state index contributed by atoms with van der Waals surface area (Å²) in [6, 6.07) is 22.7. The molecule has 1 aliphatic rings. The molecule has 0 spiro atoms. The predicted molar refractivity (Wildman–Crippen MR) is 102 cm³/mol. The Morgan fingerprint density at radius 2 is 1.46 bits per heavy atom. The maximum atomic E-state index is 3.59. The molecule has 0 amide bonds. The average Bonchev–Trinajstić information content (AvgIpc) is 2.65. The minimum Gasteiger partial charge on any atom is -0.314 e. The van der Waals surface area contributed by atoms with Gasteiger partial charge in [-0.2, -0.15) is 0 Å². The highest BCUT2D eigenvalue weighted by atomic mass is 15.1. The summed E-state index contributed by atoms with van der Waals surface area (Å²) in [5, 5.41) is 3.59. The lowest BCUT2D eigenvalue weighted by Crippen LogP contribution is -2.42. The van der Waals surface area contributed by atoms with Gasteiger partial charge in [0, 0.05) is 12.0 Å². The number of nitrogens with zero attached hydrogens (tertiary/aromatic N) is 1. The van der Waals surface area contributed by atoms with Crippen LogP contribution in [0.25, 0.3) is 0 Å². The maximum Gasteiger partial charge on any atom is 0.0101 e. The first kappa shape index (κ1) is 17.2.